The molecule has 1 unspecified atom stereocenters. The van der Waals surface area contributed by atoms with Crippen molar-refractivity contribution in [2.24, 2.45) is 0 Å². The molecule has 3 rings (SSSR count). The van der Waals surface area contributed by atoms with Gasteiger partial charge >= 0.3 is 0 Å². The first kappa shape index (κ1) is 16.5. The third kappa shape index (κ3) is 3.76. The lowest BCUT2D eigenvalue weighted by molar-refractivity contribution is -0.0760. The summed E-state index contributed by atoms with van der Waals surface area (Å²) >= 11 is 0. The molecule has 1 saturated heterocycles. The van der Waals surface area contributed by atoms with Crippen molar-refractivity contribution in [3.05, 3.63) is 53.4 Å². The van der Waals surface area contributed by atoms with E-state index in [4.69, 9.17) is 4.74 Å². The minimum atomic E-state index is -0.395. The highest BCUT2D eigenvalue weighted by molar-refractivity contribution is 5.93. The second-order valence-corrected chi connectivity index (χ2v) is 6.32. The van der Waals surface area contributed by atoms with E-state index in [-0.39, 0.29) is 5.91 Å². The van der Waals surface area contributed by atoms with Crippen molar-refractivity contribution in [3.8, 4) is 0 Å². The van der Waals surface area contributed by atoms with Crippen LogP contribution in [0.1, 0.15) is 53.6 Å². The predicted molar refractivity (Wildman–Crippen MR) is 89.3 cm³/mol. The SMILES string of the molecule is Cc1ccc(C(=O)NCc2cnc(C3(C)CCCCO3)nc2)cn1. The summed E-state index contributed by atoms with van der Waals surface area (Å²) in [4.78, 5) is 25.1. The number of carbonyl (C=O) groups is 1. The summed E-state index contributed by atoms with van der Waals surface area (Å²) in [5.41, 5.74) is 1.88. The average Bonchev–Trinajstić information content (AvgIpc) is 2.61. The molecule has 0 aliphatic carbocycles. The minimum absolute atomic E-state index is 0.158. The van der Waals surface area contributed by atoms with Crippen molar-refractivity contribution in [2.75, 3.05) is 6.61 Å². The minimum Gasteiger partial charge on any atom is -0.367 e. The zero-order valence-corrected chi connectivity index (χ0v) is 14.1. The number of hydrogen-bond acceptors (Lipinski definition) is 5. The van der Waals surface area contributed by atoms with Crippen molar-refractivity contribution >= 4 is 5.91 Å². The van der Waals surface area contributed by atoms with E-state index in [1.165, 1.54) is 0 Å². The number of pyridine rings is 1. The van der Waals surface area contributed by atoms with Crippen LogP contribution in [0.5, 0.6) is 0 Å². The lowest BCUT2D eigenvalue weighted by Crippen LogP contribution is -2.32. The van der Waals surface area contributed by atoms with Crippen molar-refractivity contribution in [1.29, 1.82) is 0 Å². The maximum absolute atomic E-state index is 12.1. The monoisotopic (exact) mass is 326 g/mol. The van der Waals surface area contributed by atoms with Gasteiger partial charge in [0.15, 0.2) is 5.82 Å². The third-order valence-corrected chi connectivity index (χ3v) is 4.27. The highest BCUT2D eigenvalue weighted by Crippen LogP contribution is 2.32. The van der Waals surface area contributed by atoms with E-state index in [1.807, 2.05) is 19.9 Å². The second kappa shape index (κ2) is 7.05. The summed E-state index contributed by atoms with van der Waals surface area (Å²) < 4.78 is 5.86. The average molecular weight is 326 g/mol. The van der Waals surface area contributed by atoms with Crippen molar-refractivity contribution in [3.63, 3.8) is 0 Å². The molecule has 2 aromatic heterocycles. The normalized spacial score (nSPS) is 20.6. The van der Waals surface area contributed by atoms with Gasteiger partial charge in [-0.05, 0) is 45.2 Å². The van der Waals surface area contributed by atoms with Gasteiger partial charge in [-0.1, -0.05) is 0 Å². The van der Waals surface area contributed by atoms with Crippen LogP contribution >= 0.6 is 0 Å². The molecule has 1 atom stereocenters. The lowest BCUT2D eigenvalue weighted by atomic mass is 9.95. The molecule has 1 aliphatic rings. The molecule has 1 aliphatic heterocycles. The summed E-state index contributed by atoms with van der Waals surface area (Å²) in [5.74, 6) is 0.550. The smallest absolute Gasteiger partial charge is 0.253 e. The van der Waals surface area contributed by atoms with E-state index in [9.17, 15) is 4.79 Å². The number of aromatic nitrogens is 3. The molecule has 0 aromatic carbocycles. The molecular formula is C18H22N4O2. The fourth-order valence-electron chi connectivity index (χ4n) is 2.72. The van der Waals surface area contributed by atoms with E-state index >= 15 is 0 Å². The number of nitrogens with zero attached hydrogens (tertiary/aromatic N) is 3. The van der Waals surface area contributed by atoms with Gasteiger partial charge < -0.3 is 10.1 Å². The van der Waals surface area contributed by atoms with Crippen LogP contribution in [0.3, 0.4) is 0 Å². The fraction of sp³-hybridized carbons (Fsp3) is 0.444. The number of amides is 1. The van der Waals surface area contributed by atoms with Gasteiger partial charge in [-0.2, -0.15) is 0 Å². The Morgan fingerprint density at radius 1 is 1.21 bits per heavy atom. The number of ether oxygens (including phenoxy) is 1. The fourth-order valence-corrected chi connectivity index (χ4v) is 2.72. The van der Waals surface area contributed by atoms with Crippen molar-refractivity contribution in [1.82, 2.24) is 20.3 Å². The molecule has 24 heavy (non-hydrogen) atoms. The Morgan fingerprint density at radius 2 is 2.00 bits per heavy atom. The molecule has 1 N–H and O–H groups in total. The van der Waals surface area contributed by atoms with Crippen molar-refractivity contribution < 1.29 is 9.53 Å². The van der Waals surface area contributed by atoms with Gasteiger partial charge in [0.1, 0.15) is 5.60 Å². The van der Waals surface area contributed by atoms with Crippen LogP contribution in [0.2, 0.25) is 0 Å². The maximum atomic E-state index is 12.1. The molecule has 0 saturated carbocycles. The Balaban J connectivity index is 1.60. The largest absolute Gasteiger partial charge is 0.367 e. The number of rotatable bonds is 4. The van der Waals surface area contributed by atoms with Gasteiger partial charge in [0.25, 0.3) is 5.91 Å². The maximum Gasteiger partial charge on any atom is 0.253 e. The first-order valence-electron chi connectivity index (χ1n) is 8.23. The molecular weight excluding hydrogens is 304 g/mol. The van der Waals surface area contributed by atoms with Gasteiger partial charge in [-0.15, -0.1) is 0 Å². The highest BCUT2D eigenvalue weighted by Gasteiger charge is 2.32. The third-order valence-electron chi connectivity index (χ3n) is 4.27. The molecule has 1 fully saturated rings. The van der Waals surface area contributed by atoms with E-state index in [1.54, 1.807) is 24.7 Å². The van der Waals surface area contributed by atoms with E-state index in [2.05, 4.69) is 20.3 Å². The molecule has 2 aromatic rings. The summed E-state index contributed by atoms with van der Waals surface area (Å²) in [7, 11) is 0. The van der Waals surface area contributed by atoms with Gasteiger partial charge in [0, 0.05) is 43.0 Å². The van der Waals surface area contributed by atoms with Crippen LogP contribution in [-0.2, 0) is 16.9 Å². The Labute approximate surface area is 141 Å². The summed E-state index contributed by atoms with van der Waals surface area (Å²) in [6.45, 7) is 5.05. The van der Waals surface area contributed by atoms with E-state index < -0.39 is 5.60 Å². The zero-order valence-electron chi connectivity index (χ0n) is 14.1. The predicted octanol–water partition coefficient (Wildman–Crippen LogP) is 2.53. The second-order valence-electron chi connectivity index (χ2n) is 6.32. The highest BCUT2D eigenvalue weighted by atomic mass is 16.5. The molecule has 6 heteroatoms. The Hall–Kier alpha value is -2.34. The quantitative estimate of drug-likeness (QED) is 0.934. The topological polar surface area (TPSA) is 77.0 Å². The van der Waals surface area contributed by atoms with Crippen LogP contribution < -0.4 is 5.32 Å². The molecule has 0 spiro atoms. The Morgan fingerprint density at radius 3 is 2.62 bits per heavy atom. The van der Waals surface area contributed by atoms with Crippen LogP contribution in [0.15, 0.2) is 30.7 Å². The van der Waals surface area contributed by atoms with Gasteiger partial charge in [0.05, 0.1) is 5.56 Å². The molecule has 0 radical (unpaired) electrons. The number of aryl methyl sites for hydroxylation is 1. The van der Waals surface area contributed by atoms with Crippen LogP contribution in [0.4, 0.5) is 0 Å². The van der Waals surface area contributed by atoms with E-state index in [0.29, 0.717) is 17.9 Å². The summed E-state index contributed by atoms with van der Waals surface area (Å²) in [5, 5.41) is 2.85. The first-order chi connectivity index (χ1) is 11.6. The summed E-state index contributed by atoms with van der Waals surface area (Å²) in [6, 6.07) is 3.58. The number of carbonyl (C=O) groups excluding carboxylic acids is 1. The molecule has 126 valence electrons. The zero-order chi connectivity index (χ0) is 17.0. The molecule has 0 bridgehead atoms. The number of hydrogen-bond donors (Lipinski definition) is 1. The van der Waals surface area contributed by atoms with Crippen LogP contribution in [-0.4, -0.2) is 27.5 Å². The lowest BCUT2D eigenvalue weighted by Gasteiger charge is -2.32. The summed E-state index contributed by atoms with van der Waals surface area (Å²) in [6.07, 6.45) is 8.23. The van der Waals surface area contributed by atoms with Gasteiger partial charge in [-0.25, -0.2) is 9.97 Å². The van der Waals surface area contributed by atoms with E-state index in [0.717, 1.165) is 37.1 Å². The standard InChI is InChI=1S/C18H22N4O2/c1-13-5-6-15(12-19-13)16(23)20-9-14-10-21-17(22-11-14)18(2)7-3-4-8-24-18/h5-6,10-12H,3-4,7-9H2,1-2H3,(H,20,23). The van der Waals surface area contributed by atoms with Crippen LogP contribution in [0, 0.1) is 6.92 Å². The Bertz CT molecular complexity index is 692. The Kier molecular flexibility index (Phi) is 4.85. The van der Waals surface area contributed by atoms with Gasteiger partial charge in [0.2, 0.25) is 0 Å². The van der Waals surface area contributed by atoms with Gasteiger partial charge in [-0.3, -0.25) is 9.78 Å². The molecule has 3 heterocycles. The van der Waals surface area contributed by atoms with Crippen molar-refractivity contribution in [2.45, 2.75) is 45.3 Å². The first-order valence-corrected chi connectivity index (χ1v) is 8.23. The number of nitrogens with one attached hydrogen (secondary N) is 1. The van der Waals surface area contributed by atoms with Crippen LogP contribution in [0.25, 0.3) is 0 Å². The molecule has 6 nitrogen and oxygen atoms in total. The molecule has 1 amide bonds.